The maximum atomic E-state index is 9.35. The lowest BCUT2D eigenvalue weighted by Crippen LogP contribution is -2.28. The number of phenols is 1. The van der Waals surface area contributed by atoms with Crippen LogP contribution in [0.1, 0.15) is 51.6 Å². The van der Waals surface area contributed by atoms with E-state index < -0.39 is 0 Å². The quantitative estimate of drug-likeness (QED) is 0.855. The number of phenolic OH excluding ortho intramolecular Hbond substituents is 1. The molecule has 1 aromatic rings. The molecule has 100 valence electrons. The molecule has 1 heterocycles. The lowest BCUT2D eigenvalue weighted by Gasteiger charge is -2.29. The van der Waals surface area contributed by atoms with Gasteiger partial charge in [-0.25, -0.2) is 0 Å². The molecular formula is C16H25NO. The van der Waals surface area contributed by atoms with Gasteiger partial charge in [-0.05, 0) is 62.4 Å². The first-order valence-electron chi connectivity index (χ1n) is 7.01. The van der Waals surface area contributed by atoms with Crippen molar-refractivity contribution in [1.82, 2.24) is 4.90 Å². The van der Waals surface area contributed by atoms with E-state index in [-0.39, 0.29) is 0 Å². The number of hydrogen-bond donors (Lipinski definition) is 1. The molecule has 2 rings (SSSR count). The Bertz CT molecular complexity index is 383. The Morgan fingerprint density at radius 2 is 1.78 bits per heavy atom. The molecule has 1 fully saturated rings. The summed E-state index contributed by atoms with van der Waals surface area (Å²) in [7, 11) is 0. The molecular weight excluding hydrogens is 222 g/mol. The average molecular weight is 247 g/mol. The molecule has 0 radical (unpaired) electrons. The predicted molar refractivity (Wildman–Crippen MR) is 75.7 cm³/mol. The number of rotatable bonds is 2. The zero-order valence-corrected chi connectivity index (χ0v) is 11.8. The second kappa shape index (κ2) is 5.31. The van der Waals surface area contributed by atoms with Crippen molar-refractivity contribution in [3.05, 3.63) is 29.8 Å². The van der Waals surface area contributed by atoms with E-state index in [0.29, 0.717) is 17.2 Å². The highest BCUT2D eigenvalue weighted by Crippen LogP contribution is 2.33. The molecule has 0 amide bonds. The van der Waals surface area contributed by atoms with Gasteiger partial charge in [-0.15, -0.1) is 0 Å². The SMILES string of the molecule is CC(c1ccc(O)cc1)N1CCCC(C)(C)CC1. The normalized spacial score (nSPS) is 22.4. The summed E-state index contributed by atoms with van der Waals surface area (Å²) in [6.45, 7) is 9.38. The minimum atomic E-state index is 0.350. The summed E-state index contributed by atoms with van der Waals surface area (Å²) in [6.07, 6.45) is 3.89. The van der Waals surface area contributed by atoms with E-state index in [9.17, 15) is 5.11 Å². The molecule has 1 aromatic carbocycles. The number of likely N-dealkylation sites (tertiary alicyclic amines) is 1. The zero-order valence-electron chi connectivity index (χ0n) is 11.8. The Hall–Kier alpha value is -1.02. The summed E-state index contributed by atoms with van der Waals surface area (Å²) in [5.41, 5.74) is 1.79. The summed E-state index contributed by atoms with van der Waals surface area (Å²) in [5, 5.41) is 9.35. The fourth-order valence-electron chi connectivity index (χ4n) is 2.79. The van der Waals surface area contributed by atoms with E-state index in [1.165, 1.54) is 37.9 Å². The van der Waals surface area contributed by atoms with Crippen molar-refractivity contribution >= 4 is 0 Å². The van der Waals surface area contributed by atoms with Gasteiger partial charge in [0.2, 0.25) is 0 Å². The van der Waals surface area contributed by atoms with Crippen LogP contribution in [0, 0.1) is 5.41 Å². The van der Waals surface area contributed by atoms with Crippen molar-refractivity contribution in [2.75, 3.05) is 13.1 Å². The maximum absolute atomic E-state index is 9.35. The third-order valence-corrected chi connectivity index (χ3v) is 4.30. The molecule has 0 spiro atoms. The van der Waals surface area contributed by atoms with Crippen LogP contribution < -0.4 is 0 Å². The highest BCUT2D eigenvalue weighted by molar-refractivity contribution is 5.27. The molecule has 18 heavy (non-hydrogen) atoms. The first-order chi connectivity index (χ1) is 8.48. The first-order valence-corrected chi connectivity index (χ1v) is 7.01. The summed E-state index contributed by atoms with van der Waals surface area (Å²) >= 11 is 0. The third-order valence-electron chi connectivity index (χ3n) is 4.30. The van der Waals surface area contributed by atoms with Crippen LogP contribution in [0.2, 0.25) is 0 Å². The predicted octanol–water partition coefficient (Wildman–Crippen LogP) is 3.97. The second-order valence-electron chi connectivity index (χ2n) is 6.32. The van der Waals surface area contributed by atoms with E-state index in [2.05, 4.69) is 25.7 Å². The van der Waals surface area contributed by atoms with Crippen molar-refractivity contribution in [2.24, 2.45) is 5.41 Å². The van der Waals surface area contributed by atoms with Gasteiger partial charge in [0.15, 0.2) is 0 Å². The molecule has 2 heteroatoms. The Morgan fingerprint density at radius 1 is 1.11 bits per heavy atom. The van der Waals surface area contributed by atoms with Crippen LogP contribution in [0.5, 0.6) is 5.75 Å². The van der Waals surface area contributed by atoms with Crippen molar-refractivity contribution in [1.29, 1.82) is 0 Å². The molecule has 1 unspecified atom stereocenters. The molecule has 1 aliphatic rings. The van der Waals surface area contributed by atoms with Crippen LogP contribution in [0.4, 0.5) is 0 Å². The summed E-state index contributed by atoms with van der Waals surface area (Å²) in [4.78, 5) is 2.57. The van der Waals surface area contributed by atoms with Gasteiger partial charge in [0.05, 0.1) is 0 Å². The van der Waals surface area contributed by atoms with Crippen molar-refractivity contribution in [2.45, 2.75) is 46.1 Å². The van der Waals surface area contributed by atoms with Crippen molar-refractivity contribution in [3.8, 4) is 5.75 Å². The van der Waals surface area contributed by atoms with Gasteiger partial charge in [0.1, 0.15) is 5.75 Å². The van der Waals surface area contributed by atoms with Gasteiger partial charge in [0.25, 0.3) is 0 Å². The summed E-state index contributed by atoms with van der Waals surface area (Å²) < 4.78 is 0. The van der Waals surface area contributed by atoms with E-state index in [4.69, 9.17) is 0 Å². The van der Waals surface area contributed by atoms with Gasteiger partial charge in [-0.2, -0.15) is 0 Å². The van der Waals surface area contributed by atoms with Gasteiger partial charge in [0, 0.05) is 6.04 Å². The van der Waals surface area contributed by atoms with Crippen molar-refractivity contribution < 1.29 is 5.11 Å². The molecule has 1 aliphatic heterocycles. The number of aromatic hydroxyl groups is 1. The zero-order chi connectivity index (χ0) is 13.2. The van der Waals surface area contributed by atoms with Crippen LogP contribution in [-0.2, 0) is 0 Å². The first kappa shape index (κ1) is 13.4. The molecule has 1 saturated heterocycles. The lowest BCUT2D eigenvalue weighted by molar-refractivity contribution is 0.208. The molecule has 0 aliphatic carbocycles. The van der Waals surface area contributed by atoms with Crippen LogP contribution in [0.15, 0.2) is 24.3 Å². The standard InChI is InChI=1S/C16H25NO/c1-13(14-5-7-15(18)8-6-14)17-11-4-9-16(2,3)10-12-17/h5-8,13,18H,4,9-12H2,1-3H3. The van der Waals surface area contributed by atoms with Gasteiger partial charge >= 0.3 is 0 Å². The fourth-order valence-corrected chi connectivity index (χ4v) is 2.79. The van der Waals surface area contributed by atoms with Gasteiger partial charge in [-0.1, -0.05) is 26.0 Å². The van der Waals surface area contributed by atoms with E-state index >= 15 is 0 Å². The number of hydrogen-bond acceptors (Lipinski definition) is 2. The second-order valence-corrected chi connectivity index (χ2v) is 6.32. The molecule has 1 N–H and O–H groups in total. The maximum Gasteiger partial charge on any atom is 0.115 e. The lowest BCUT2D eigenvalue weighted by atomic mass is 9.85. The Balaban J connectivity index is 2.04. The molecule has 0 saturated carbocycles. The molecule has 1 atom stereocenters. The Labute approximate surface area is 111 Å². The van der Waals surface area contributed by atoms with Crippen LogP contribution in [-0.4, -0.2) is 23.1 Å². The summed E-state index contributed by atoms with van der Waals surface area (Å²) in [6, 6.07) is 8.09. The van der Waals surface area contributed by atoms with Crippen LogP contribution in [0.3, 0.4) is 0 Å². The van der Waals surface area contributed by atoms with Gasteiger partial charge in [-0.3, -0.25) is 4.90 Å². The monoisotopic (exact) mass is 247 g/mol. The fraction of sp³-hybridized carbons (Fsp3) is 0.625. The highest BCUT2D eigenvalue weighted by Gasteiger charge is 2.25. The van der Waals surface area contributed by atoms with E-state index in [0.717, 1.165) is 0 Å². The van der Waals surface area contributed by atoms with Gasteiger partial charge < -0.3 is 5.11 Å². The smallest absolute Gasteiger partial charge is 0.115 e. The number of benzene rings is 1. The molecule has 0 bridgehead atoms. The van der Waals surface area contributed by atoms with Crippen LogP contribution >= 0.6 is 0 Å². The van der Waals surface area contributed by atoms with Crippen molar-refractivity contribution in [3.63, 3.8) is 0 Å². The molecule has 0 aromatic heterocycles. The molecule has 2 nitrogen and oxygen atoms in total. The van der Waals surface area contributed by atoms with E-state index in [1.54, 1.807) is 12.1 Å². The third kappa shape index (κ3) is 3.26. The largest absolute Gasteiger partial charge is 0.508 e. The van der Waals surface area contributed by atoms with Crippen LogP contribution in [0.25, 0.3) is 0 Å². The topological polar surface area (TPSA) is 23.5 Å². The Kier molecular flexibility index (Phi) is 3.96. The minimum absolute atomic E-state index is 0.350. The van der Waals surface area contributed by atoms with E-state index in [1.807, 2.05) is 12.1 Å². The average Bonchev–Trinajstić information content (AvgIpc) is 2.50. The minimum Gasteiger partial charge on any atom is -0.508 e. The highest BCUT2D eigenvalue weighted by atomic mass is 16.3. The number of nitrogens with zero attached hydrogens (tertiary/aromatic N) is 1. The Morgan fingerprint density at radius 3 is 2.44 bits per heavy atom. The summed E-state index contributed by atoms with van der Waals surface area (Å²) in [5.74, 6) is 0.350.